The Hall–Kier alpha value is -2.28. The van der Waals surface area contributed by atoms with Crippen LogP contribution in [0.3, 0.4) is 0 Å². The average molecular weight is 372 g/mol. The van der Waals surface area contributed by atoms with E-state index in [4.69, 9.17) is 4.52 Å². The molecule has 1 spiro atoms. The Bertz CT molecular complexity index is 829. The summed E-state index contributed by atoms with van der Waals surface area (Å²) in [6.07, 6.45) is 3.20. The van der Waals surface area contributed by atoms with Gasteiger partial charge in [0.05, 0.1) is 12.5 Å². The number of hydrogen-bond donors (Lipinski definition) is 0. The van der Waals surface area contributed by atoms with Gasteiger partial charge in [-0.1, -0.05) is 17.3 Å². The molecule has 0 aliphatic carbocycles. The third-order valence-corrected chi connectivity index (χ3v) is 6.01. The Labute approximate surface area is 158 Å². The van der Waals surface area contributed by atoms with Crippen molar-refractivity contribution in [1.29, 1.82) is 0 Å². The van der Waals surface area contributed by atoms with Gasteiger partial charge in [-0.2, -0.15) is 4.98 Å². The second-order valence-corrected chi connectivity index (χ2v) is 7.99. The second-order valence-electron chi connectivity index (χ2n) is 7.99. The molecular formula is C20H25FN4O2. The Kier molecular flexibility index (Phi) is 4.72. The van der Waals surface area contributed by atoms with Crippen molar-refractivity contribution in [2.75, 3.05) is 26.7 Å². The lowest BCUT2D eigenvalue weighted by Gasteiger charge is -2.39. The Morgan fingerprint density at radius 2 is 2.15 bits per heavy atom. The summed E-state index contributed by atoms with van der Waals surface area (Å²) < 4.78 is 18.5. The smallest absolute Gasteiger partial charge is 0.226 e. The summed E-state index contributed by atoms with van der Waals surface area (Å²) in [6.45, 7) is 4.29. The highest BCUT2D eigenvalue weighted by Gasteiger charge is 2.46. The van der Waals surface area contributed by atoms with Crippen LogP contribution in [0.2, 0.25) is 0 Å². The van der Waals surface area contributed by atoms with Crippen LogP contribution in [0.4, 0.5) is 4.39 Å². The van der Waals surface area contributed by atoms with Gasteiger partial charge in [0.2, 0.25) is 11.8 Å². The molecule has 6 nitrogen and oxygen atoms in total. The van der Waals surface area contributed by atoms with Crippen LogP contribution in [0.1, 0.15) is 42.6 Å². The predicted octanol–water partition coefficient (Wildman–Crippen LogP) is 2.75. The first-order chi connectivity index (χ1) is 12.9. The molecule has 4 rings (SSSR count). The maximum atomic E-state index is 13.3. The minimum Gasteiger partial charge on any atom is -0.342 e. The highest BCUT2D eigenvalue weighted by Crippen LogP contribution is 2.47. The van der Waals surface area contributed by atoms with Crippen molar-refractivity contribution in [2.45, 2.75) is 38.6 Å². The maximum absolute atomic E-state index is 13.3. The van der Waals surface area contributed by atoms with Crippen LogP contribution in [0, 0.1) is 18.2 Å². The van der Waals surface area contributed by atoms with E-state index in [9.17, 15) is 9.18 Å². The van der Waals surface area contributed by atoms with Gasteiger partial charge in [0.1, 0.15) is 5.82 Å². The van der Waals surface area contributed by atoms with Crippen LogP contribution in [0.5, 0.6) is 0 Å². The summed E-state index contributed by atoms with van der Waals surface area (Å²) in [5.74, 6) is 1.13. The zero-order valence-corrected chi connectivity index (χ0v) is 15.8. The minimum absolute atomic E-state index is 0.0761. The molecule has 0 radical (unpaired) electrons. The van der Waals surface area contributed by atoms with Crippen LogP contribution >= 0.6 is 0 Å². The molecule has 7 heteroatoms. The summed E-state index contributed by atoms with van der Waals surface area (Å²) in [6, 6.07) is 6.47. The lowest BCUT2D eigenvalue weighted by Crippen LogP contribution is -2.44. The molecule has 0 saturated carbocycles. The fourth-order valence-corrected chi connectivity index (χ4v) is 4.53. The van der Waals surface area contributed by atoms with Gasteiger partial charge in [-0.15, -0.1) is 0 Å². The SMILES string of the molecule is Cc1nc(C2CC3(CCN(C(=O)Cc4cccc(F)c4)CC3)CN2C)no1. The molecule has 0 N–H and O–H groups in total. The van der Waals surface area contributed by atoms with E-state index in [-0.39, 0.29) is 29.6 Å². The van der Waals surface area contributed by atoms with Gasteiger partial charge in [0, 0.05) is 26.6 Å². The Morgan fingerprint density at radius 1 is 1.37 bits per heavy atom. The first-order valence-corrected chi connectivity index (χ1v) is 9.47. The van der Waals surface area contributed by atoms with Gasteiger partial charge in [-0.3, -0.25) is 9.69 Å². The quantitative estimate of drug-likeness (QED) is 0.829. The summed E-state index contributed by atoms with van der Waals surface area (Å²) in [5.41, 5.74) is 0.928. The van der Waals surface area contributed by atoms with Crippen LogP contribution in [0.15, 0.2) is 28.8 Å². The highest BCUT2D eigenvalue weighted by atomic mass is 19.1. The molecule has 27 heavy (non-hydrogen) atoms. The molecular weight excluding hydrogens is 347 g/mol. The highest BCUT2D eigenvalue weighted by molar-refractivity contribution is 5.78. The van der Waals surface area contributed by atoms with E-state index in [1.54, 1.807) is 12.1 Å². The number of aromatic nitrogens is 2. The molecule has 2 aromatic rings. The number of carbonyl (C=O) groups is 1. The maximum Gasteiger partial charge on any atom is 0.226 e. The van der Waals surface area contributed by atoms with Gasteiger partial charge < -0.3 is 9.42 Å². The van der Waals surface area contributed by atoms with Crippen molar-refractivity contribution in [3.63, 3.8) is 0 Å². The van der Waals surface area contributed by atoms with Crippen molar-refractivity contribution in [2.24, 2.45) is 5.41 Å². The van der Waals surface area contributed by atoms with Crippen LogP contribution in [-0.4, -0.2) is 52.5 Å². The van der Waals surface area contributed by atoms with E-state index in [1.165, 1.54) is 12.1 Å². The number of halogens is 1. The number of aryl methyl sites for hydroxylation is 1. The molecule has 2 saturated heterocycles. The summed E-state index contributed by atoms with van der Waals surface area (Å²) in [7, 11) is 2.10. The Morgan fingerprint density at radius 3 is 2.81 bits per heavy atom. The molecule has 1 amide bonds. The molecule has 1 unspecified atom stereocenters. The molecule has 1 aromatic heterocycles. The molecule has 144 valence electrons. The fourth-order valence-electron chi connectivity index (χ4n) is 4.53. The molecule has 2 aliphatic heterocycles. The minimum atomic E-state index is -0.297. The molecule has 1 aromatic carbocycles. The summed E-state index contributed by atoms with van der Waals surface area (Å²) in [5, 5.41) is 4.10. The van der Waals surface area contributed by atoms with Crippen molar-refractivity contribution < 1.29 is 13.7 Å². The largest absolute Gasteiger partial charge is 0.342 e. The van der Waals surface area contributed by atoms with E-state index in [2.05, 4.69) is 22.1 Å². The lowest BCUT2D eigenvalue weighted by atomic mass is 9.76. The van der Waals surface area contributed by atoms with Gasteiger partial charge >= 0.3 is 0 Å². The summed E-state index contributed by atoms with van der Waals surface area (Å²) in [4.78, 5) is 21.2. The van der Waals surface area contributed by atoms with Crippen molar-refractivity contribution in [3.05, 3.63) is 47.4 Å². The van der Waals surface area contributed by atoms with Gasteiger partial charge in [-0.25, -0.2) is 4.39 Å². The number of hydrogen-bond acceptors (Lipinski definition) is 5. The average Bonchev–Trinajstić information content (AvgIpc) is 3.19. The third-order valence-electron chi connectivity index (χ3n) is 6.01. The van der Waals surface area contributed by atoms with Crippen LogP contribution < -0.4 is 0 Å². The van der Waals surface area contributed by atoms with Gasteiger partial charge in [0.15, 0.2) is 5.82 Å². The summed E-state index contributed by atoms with van der Waals surface area (Å²) >= 11 is 0. The van der Waals surface area contributed by atoms with E-state index in [0.717, 1.165) is 50.3 Å². The van der Waals surface area contributed by atoms with E-state index >= 15 is 0 Å². The Balaban J connectivity index is 1.36. The standard InChI is InChI=1S/C20H25FN4O2/c1-14-22-19(23-27-14)17-12-20(13-24(17)2)6-8-25(9-7-20)18(26)11-15-4-3-5-16(21)10-15/h3-5,10,17H,6-9,11-13H2,1-2H3. The second kappa shape index (κ2) is 7.03. The van der Waals surface area contributed by atoms with Crippen LogP contribution in [0.25, 0.3) is 0 Å². The van der Waals surface area contributed by atoms with E-state index < -0.39 is 0 Å². The van der Waals surface area contributed by atoms with Crippen LogP contribution in [-0.2, 0) is 11.2 Å². The van der Waals surface area contributed by atoms with Crippen molar-refractivity contribution >= 4 is 5.91 Å². The zero-order chi connectivity index (χ0) is 19.0. The predicted molar refractivity (Wildman–Crippen MR) is 97.4 cm³/mol. The number of amides is 1. The first-order valence-electron chi connectivity index (χ1n) is 9.47. The number of benzene rings is 1. The van der Waals surface area contributed by atoms with E-state index in [1.807, 2.05) is 11.8 Å². The first kappa shape index (κ1) is 18.1. The monoisotopic (exact) mass is 372 g/mol. The molecule has 0 bridgehead atoms. The third kappa shape index (κ3) is 3.74. The zero-order valence-electron chi connectivity index (χ0n) is 15.8. The number of piperidine rings is 1. The van der Waals surface area contributed by atoms with E-state index in [0.29, 0.717) is 5.89 Å². The number of carbonyl (C=O) groups excluding carboxylic acids is 1. The topological polar surface area (TPSA) is 62.5 Å². The molecule has 3 heterocycles. The number of rotatable bonds is 3. The number of nitrogens with zero attached hydrogens (tertiary/aromatic N) is 4. The molecule has 2 aliphatic rings. The normalized spacial score (nSPS) is 22.5. The fraction of sp³-hybridized carbons (Fsp3) is 0.550. The molecule has 1 atom stereocenters. The van der Waals surface area contributed by atoms with Crippen molar-refractivity contribution in [1.82, 2.24) is 19.9 Å². The number of likely N-dealkylation sites (tertiary alicyclic amines) is 2. The van der Waals surface area contributed by atoms with Gasteiger partial charge in [0.25, 0.3) is 0 Å². The van der Waals surface area contributed by atoms with Gasteiger partial charge in [-0.05, 0) is 49.4 Å². The van der Waals surface area contributed by atoms with Crippen molar-refractivity contribution in [3.8, 4) is 0 Å². The molecule has 2 fully saturated rings. The lowest BCUT2D eigenvalue weighted by molar-refractivity contribution is -0.132.